The third kappa shape index (κ3) is 5.95. The van der Waals surface area contributed by atoms with E-state index in [-0.39, 0.29) is 0 Å². The van der Waals surface area contributed by atoms with Crippen LogP contribution in [0.5, 0.6) is 0 Å². The van der Waals surface area contributed by atoms with Gasteiger partial charge in [-0.1, -0.05) is 17.7 Å². The van der Waals surface area contributed by atoms with Crippen LogP contribution in [0.2, 0.25) is 5.02 Å². The molecule has 3 nitrogen and oxygen atoms in total. The molecular weight excluding hydrogens is 224 g/mol. The predicted octanol–water partition coefficient (Wildman–Crippen LogP) is 2.38. The van der Waals surface area contributed by atoms with Crippen molar-refractivity contribution in [1.82, 2.24) is 5.32 Å². The monoisotopic (exact) mass is 242 g/mol. The van der Waals surface area contributed by atoms with Gasteiger partial charge in [-0.15, -0.1) is 0 Å². The molecule has 1 aromatic rings. The van der Waals surface area contributed by atoms with Crippen LogP contribution < -0.4 is 10.6 Å². The maximum Gasteiger partial charge on any atom is 0.0474 e. The second-order valence-electron chi connectivity index (χ2n) is 3.53. The van der Waals surface area contributed by atoms with Crippen LogP contribution in [0.15, 0.2) is 24.3 Å². The molecule has 0 aliphatic heterocycles. The van der Waals surface area contributed by atoms with Gasteiger partial charge in [-0.25, -0.2) is 0 Å². The molecule has 0 radical (unpaired) electrons. The summed E-state index contributed by atoms with van der Waals surface area (Å²) in [4.78, 5) is 0. The summed E-state index contributed by atoms with van der Waals surface area (Å²) in [6, 6.07) is 7.75. The molecule has 0 saturated heterocycles. The Labute approximate surface area is 102 Å². The molecule has 0 atom stereocenters. The van der Waals surface area contributed by atoms with Crippen molar-refractivity contribution in [3.8, 4) is 0 Å². The van der Waals surface area contributed by atoms with Crippen molar-refractivity contribution in [3.63, 3.8) is 0 Å². The normalized spacial score (nSPS) is 10.4. The molecule has 0 saturated carbocycles. The molecule has 0 amide bonds. The van der Waals surface area contributed by atoms with E-state index < -0.39 is 0 Å². The van der Waals surface area contributed by atoms with E-state index in [0.29, 0.717) is 0 Å². The third-order valence-electron chi connectivity index (χ3n) is 2.16. The van der Waals surface area contributed by atoms with Crippen LogP contribution in [0.25, 0.3) is 0 Å². The first-order valence-electron chi connectivity index (χ1n) is 5.52. The lowest BCUT2D eigenvalue weighted by atomic mass is 10.3. The van der Waals surface area contributed by atoms with E-state index in [1.54, 1.807) is 7.11 Å². The number of methoxy groups -OCH3 is 1. The number of anilines is 1. The molecule has 0 aliphatic carbocycles. The minimum Gasteiger partial charge on any atom is -0.385 e. The van der Waals surface area contributed by atoms with Crippen LogP contribution in [0.4, 0.5) is 5.69 Å². The first-order chi connectivity index (χ1) is 7.83. The van der Waals surface area contributed by atoms with Gasteiger partial charge >= 0.3 is 0 Å². The first kappa shape index (κ1) is 13.3. The number of ether oxygens (including phenoxy) is 1. The Morgan fingerprint density at radius 3 is 2.88 bits per heavy atom. The fraction of sp³-hybridized carbons (Fsp3) is 0.500. The van der Waals surface area contributed by atoms with E-state index in [9.17, 15) is 0 Å². The fourth-order valence-electron chi connectivity index (χ4n) is 1.36. The van der Waals surface area contributed by atoms with Gasteiger partial charge in [-0.2, -0.15) is 0 Å². The summed E-state index contributed by atoms with van der Waals surface area (Å²) in [6.07, 6.45) is 1.05. The Bertz CT molecular complexity index is 294. The summed E-state index contributed by atoms with van der Waals surface area (Å²) < 4.78 is 4.96. The van der Waals surface area contributed by atoms with E-state index >= 15 is 0 Å². The minimum atomic E-state index is 0.762. The van der Waals surface area contributed by atoms with E-state index in [1.807, 2.05) is 24.3 Å². The second-order valence-corrected chi connectivity index (χ2v) is 3.97. The average molecular weight is 243 g/mol. The molecule has 0 spiro atoms. The van der Waals surface area contributed by atoms with Crippen molar-refractivity contribution in [2.75, 3.05) is 38.7 Å². The van der Waals surface area contributed by atoms with Crippen molar-refractivity contribution < 1.29 is 4.74 Å². The number of benzene rings is 1. The molecule has 2 N–H and O–H groups in total. The van der Waals surface area contributed by atoms with Gasteiger partial charge in [0.25, 0.3) is 0 Å². The standard InChI is InChI=1S/C12H19ClN2O/c1-16-9-3-6-14-7-8-15-12-5-2-4-11(13)10-12/h2,4-5,10,14-15H,3,6-9H2,1H3. The van der Waals surface area contributed by atoms with E-state index in [1.165, 1.54) is 0 Å². The quantitative estimate of drug-likeness (QED) is 0.687. The zero-order valence-electron chi connectivity index (χ0n) is 9.63. The number of hydrogen-bond acceptors (Lipinski definition) is 3. The lowest BCUT2D eigenvalue weighted by Crippen LogP contribution is -2.23. The van der Waals surface area contributed by atoms with Crippen LogP contribution >= 0.6 is 11.6 Å². The van der Waals surface area contributed by atoms with Crippen LogP contribution in [-0.4, -0.2) is 33.4 Å². The summed E-state index contributed by atoms with van der Waals surface area (Å²) in [5, 5.41) is 7.39. The van der Waals surface area contributed by atoms with Crippen molar-refractivity contribution in [2.24, 2.45) is 0 Å². The maximum absolute atomic E-state index is 5.87. The molecule has 0 heterocycles. The zero-order chi connectivity index (χ0) is 11.6. The highest BCUT2D eigenvalue weighted by Crippen LogP contribution is 2.14. The van der Waals surface area contributed by atoms with Crippen LogP contribution in [-0.2, 0) is 4.74 Å². The second kappa shape index (κ2) is 8.39. The molecular formula is C12H19ClN2O. The van der Waals surface area contributed by atoms with Gasteiger partial charge in [-0.05, 0) is 31.2 Å². The van der Waals surface area contributed by atoms with Crippen molar-refractivity contribution in [1.29, 1.82) is 0 Å². The molecule has 0 fully saturated rings. The molecule has 16 heavy (non-hydrogen) atoms. The summed E-state index contributed by atoms with van der Waals surface area (Å²) in [5.41, 5.74) is 1.06. The molecule has 0 aromatic heterocycles. The Morgan fingerprint density at radius 1 is 1.25 bits per heavy atom. The highest BCUT2D eigenvalue weighted by atomic mass is 35.5. The number of hydrogen-bond donors (Lipinski definition) is 2. The third-order valence-corrected chi connectivity index (χ3v) is 2.39. The van der Waals surface area contributed by atoms with Crippen molar-refractivity contribution >= 4 is 17.3 Å². The molecule has 0 bridgehead atoms. The lowest BCUT2D eigenvalue weighted by Gasteiger charge is -2.07. The number of rotatable bonds is 8. The zero-order valence-corrected chi connectivity index (χ0v) is 10.4. The van der Waals surface area contributed by atoms with Gasteiger partial charge < -0.3 is 15.4 Å². The lowest BCUT2D eigenvalue weighted by molar-refractivity contribution is 0.194. The molecule has 0 unspecified atom stereocenters. The van der Waals surface area contributed by atoms with Crippen molar-refractivity contribution in [2.45, 2.75) is 6.42 Å². The Balaban J connectivity index is 2.03. The summed E-state index contributed by atoms with van der Waals surface area (Å²) in [7, 11) is 1.72. The van der Waals surface area contributed by atoms with Crippen LogP contribution in [0.3, 0.4) is 0 Å². The summed E-state index contributed by atoms with van der Waals surface area (Å²) >= 11 is 5.87. The Morgan fingerprint density at radius 2 is 2.12 bits per heavy atom. The maximum atomic E-state index is 5.87. The van der Waals surface area contributed by atoms with Gasteiger partial charge in [0.05, 0.1) is 0 Å². The van der Waals surface area contributed by atoms with Gasteiger partial charge in [0.15, 0.2) is 0 Å². The predicted molar refractivity (Wildman–Crippen MR) is 69.3 cm³/mol. The summed E-state index contributed by atoms with van der Waals surface area (Å²) in [5.74, 6) is 0. The fourth-order valence-corrected chi connectivity index (χ4v) is 1.55. The number of nitrogens with one attached hydrogen (secondary N) is 2. The topological polar surface area (TPSA) is 33.3 Å². The molecule has 90 valence electrons. The SMILES string of the molecule is COCCCNCCNc1cccc(Cl)c1. The van der Waals surface area contributed by atoms with Gasteiger partial charge in [0.1, 0.15) is 0 Å². The largest absolute Gasteiger partial charge is 0.385 e. The van der Waals surface area contributed by atoms with E-state index in [4.69, 9.17) is 16.3 Å². The van der Waals surface area contributed by atoms with Crippen LogP contribution in [0, 0.1) is 0 Å². The highest BCUT2D eigenvalue weighted by molar-refractivity contribution is 6.30. The molecule has 1 aromatic carbocycles. The molecule has 4 heteroatoms. The highest BCUT2D eigenvalue weighted by Gasteiger charge is 1.92. The van der Waals surface area contributed by atoms with Gasteiger partial charge in [-0.3, -0.25) is 0 Å². The molecule has 0 aliphatic rings. The summed E-state index contributed by atoms with van der Waals surface area (Å²) in [6.45, 7) is 3.64. The van der Waals surface area contributed by atoms with Gasteiger partial charge in [0, 0.05) is 37.5 Å². The average Bonchev–Trinajstić information content (AvgIpc) is 2.28. The van der Waals surface area contributed by atoms with E-state index in [2.05, 4.69) is 10.6 Å². The van der Waals surface area contributed by atoms with Crippen molar-refractivity contribution in [3.05, 3.63) is 29.3 Å². The Hall–Kier alpha value is -0.770. The first-order valence-corrected chi connectivity index (χ1v) is 5.90. The van der Waals surface area contributed by atoms with E-state index in [0.717, 1.165) is 43.4 Å². The van der Waals surface area contributed by atoms with Crippen LogP contribution in [0.1, 0.15) is 6.42 Å². The van der Waals surface area contributed by atoms with Gasteiger partial charge in [0.2, 0.25) is 0 Å². The minimum absolute atomic E-state index is 0.762. The molecule has 1 rings (SSSR count). The number of halogens is 1. The Kier molecular flexibility index (Phi) is 6.97. The smallest absolute Gasteiger partial charge is 0.0474 e.